The summed E-state index contributed by atoms with van der Waals surface area (Å²) in [5, 5.41) is 3.01. The van der Waals surface area contributed by atoms with Crippen molar-refractivity contribution in [2.45, 2.75) is 62.5 Å². The molecule has 1 aromatic carbocycles. The first-order valence-corrected chi connectivity index (χ1v) is 12.6. The molecule has 2 heterocycles. The first-order valence-electron chi connectivity index (χ1n) is 10.8. The van der Waals surface area contributed by atoms with E-state index in [9.17, 15) is 18.0 Å². The molecular formula is C22H24ClN3O6S. The highest BCUT2D eigenvalue weighted by molar-refractivity contribution is 7.89. The average molecular weight is 494 g/mol. The molecule has 0 aliphatic heterocycles. The Labute approximate surface area is 195 Å². The third-order valence-corrected chi connectivity index (χ3v) is 7.05. The number of hydrogen-bond acceptors (Lipinski definition) is 7. The Morgan fingerprint density at radius 2 is 1.88 bits per heavy atom. The Kier molecular flexibility index (Phi) is 6.76. The maximum absolute atomic E-state index is 12.5. The molecule has 1 fully saturated rings. The number of rotatable bonds is 7. The molecule has 33 heavy (non-hydrogen) atoms. The monoisotopic (exact) mass is 493 g/mol. The van der Waals surface area contributed by atoms with Gasteiger partial charge in [-0.1, -0.05) is 18.5 Å². The van der Waals surface area contributed by atoms with Gasteiger partial charge in [0, 0.05) is 23.4 Å². The van der Waals surface area contributed by atoms with E-state index in [1.165, 1.54) is 6.07 Å². The van der Waals surface area contributed by atoms with Crippen LogP contribution in [-0.4, -0.2) is 31.3 Å². The highest BCUT2D eigenvalue weighted by atomic mass is 35.5. The molecule has 11 heteroatoms. The van der Waals surface area contributed by atoms with Gasteiger partial charge in [-0.25, -0.2) is 9.71 Å². The largest absolute Gasteiger partial charge is 0.440 e. The van der Waals surface area contributed by atoms with Crippen LogP contribution in [0.5, 0.6) is 0 Å². The zero-order chi connectivity index (χ0) is 23.6. The number of fused-ring (bicyclic) bond motifs is 1. The summed E-state index contributed by atoms with van der Waals surface area (Å²) >= 11 is 6.01. The number of oxazole rings is 1. The highest BCUT2D eigenvalue weighted by Crippen LogP contribution is 2.34. The number of nitrogens with one attached hydrogen (secondary N) is 2. The summed E-state index contributed by atoms with van der Waals surface area (Å²) in [4.78, 5) is 28.7. The zero-order valence-electron chi connectivity index (χ0n) is 18.0. The van der Waals surface area contributed by atoms with E-state index in [4.69, 9.17) is 20.4 Å². The number of halogens is 1. The molecule has 0 radical (unpaired) electrons. The first kappa shape index (κ1) is 23.3. The van der Waals surface area contributed by atoms with Gasteiger partial charge in [0.25, 0.3) is 15.9 Å². The summed E-state index contributed by atoms with van der Waals surface area (Å²) in [6.45, 7) is 1.76. The fourth-order valence-corrected chi connectivity index (χ4v) is 5.01. The van der Waals surface area contributed by atoms with E-state index in [0.29, 0.717) is 22.9 Å². The number of nitrogens with zero attached hydrogens (tertiary/aromatic N) is 1. The number of benzene rings is 1. The van der Waals surface area contributed by atoms with Crippen molar-refractivity contribution < 1.29 is 26.8 Å². The summed E-state index contributed by atoms with van der Waals surface area (Å²) in [7, 11) is -4.15. The lowest BCUT2D eigenvalue weighted by atomic mass is 9.86. The van der Waals surface area contributed by atoms with E-state index in [2.05, 4.69) is 10.3 Å². The lowest BCUT2D eigenvalue weighted by molar-refractivity contribution is -0.119. The van der Waals surface area contributed by atoms with Crippen molar-refractivity contribution >= 4 is 44.5 Å². The number of hydrogen-bond donors (Lipinski definition) is 2. The van der Waals surface area contributed by atoms with Crippen LogP contribution in [0.15, 0.2) is 44.3 Å². The van der Waals surface area contributed by atoms with Crippen LogP contribution < -0.4 is 10.0 Å². The second-order valence-corrected chi connectivity index (χ2v) is 10.1. The second-order valence-electron chi connectivity index (χ2n) is 8.08. The molecule has 0 unspecified atom stereocenters. The second kappa shape index (κ2) is 9.56. The number of amides is 2. The van der Waals surface area contributed by atoms with E-state index < -0.39 is 26.9 Å². The molecule has 0 saturated heterocycles. The summed E-state index contributed by atoms with van der Waals surface area (Å²) < 4.78 is 37.4. The van der Waals surface area contributed by atoms with E-state index in [1.807, 2.05) is 4.72 Å². The Balaban J connectivity index is 1.33. The average Bonchev–Trinajstić information content (AvgIpc) is 3.42. The van der Waals surface area contributed by atoms with E-state index in [0.717, 1.165) is 37.3 Å². The van der Waals surface area contributed by atoms with E-state index in [-0.39, 0.29) is 24.1 Å². The molecule has 176 valence electrons. The van der Waals surface area contributed by atoms with Crippen LogP contribution in [0.1, 0.15) is 67.8 Å². The quantitative estimate of drug-likeness (QED) is 0.505. The van der Waals surface area contributed by atoms with Crippen LogP contribution in [0.4, 0.5) is 0 Å². The fraction of sp³-hybridized carbons (Fsp3) is 0.409. The van der Waals surface area contributed by atoms with Crippen LogP contribution in [0.3, 0.4) is 0 Å². The summed E-state index contributed by atoms with van der Waals surface area (Å²) in [6.07, 6.45) is 3.59. The van der Waals surface area contributed by atoms with Gasteiger partial charge in [0.1, 0.15) is 5.52 Å². The number of carbonyl (C=O) groups excluding carboxylic acids is 2. The minimum absolute atomic E-state index is 0.0766. The predicted octanol–water partition coefficient (Wildman–Crippen LogP) is 4.14. The van der Waals surface area contributed by atoms with Gasteiger partial charge in [0.15, 0.2) is 17.2 Å². The maximum Gasteiger partial charge on any atom is 0.297 e. The zero-order valence-corrected chi connectivity index (χ0v) is 19.5. The van der Waals surface area contributed by atoms with Crippen LogP contribution in [0.25, 0.3) is 11.1 Å². The van der Waals surface area contributed by atoms with Gasteiger partial charge in [-0.15, -0.1) is 0 Å². The van der Waals surface area contributed by atoms with Crippen LogP contribution in [0.2, 0.25) is 5.02 Å². The molecule has 0 bridgehead atoms. The molecule has 1 aliphatic rings. The van der Waals surface area contributed by atoms with E-state index in [1.54, 1.807) is 25.1 Å². The van der Waals surface area contributed by atoms with Crippen LogP contribution in [0, 0.1) is 0 Å². The molecule has 0 atom stereocenters. The highest BCUT2D eigenvalue weighted by Gasteiger charge is 2.28. The van der Waals surface area contributed by atoms with Gasteiger partial charge < -0.3 is 14.2 Å². The molecule has 2 N–H and O–H groups in total. The maximum atomic E-state index is 12.5. The Bertz CT molecular complexity index is 1270. The standard InChI is InChI=1S/C22H24ClN3O6S/c1-2-3-19(27)26-33(29,30)20-11-10-18(31-20)21(28)24-15-7-4-13(5-8-15)22-25-16-12-14(23)6-9-17(16)32-22/h6,9-13,15H,2-5,7-8H2,1H3,(H,24,28)(H,26,27)/t13-,15-. The molecule has 0 spiro atoms. The smallest absolute Gasteiger partial charge is 0.297 e. The number of carbonyl (C=O) groups is 2. The molecular weight excluding hydrogens is 470 g/mol. The fourth-order valence-electron chi connectivity index (χ4n) is 3.90. The summed E-state index contributed by atoms with van der Waals surface area (Å²) in [6, 6.07) is 7.68. The molecule has 2 amide bonds. The van der Waals surface area contributed by atoms with E-state index >= 15 is 0 Å². The lowest BCUT2D eigenvalue weighted by Crippen LogP contribution is -2.37. The van der Waals surface area contributed by atoms with Crippen molar-refractivity contribution in [1.29, 1.82) is 0 Å². The molecule has 1 saturated carbocycles. The molecule has 1 aliphatic carbocycles. The van der Waals surface area contributed by atoms with Crippen LogP contribution in [-0.2, 0) is 14.8 Å². The Morgan fingerprint density at radius 1 is 1.12 bits per heavy atom. The topological polar surface area (TPSA) is 132 Å². The SMILES string of the molecule is CCCC(=O)NS(=O)(=O)c1ccc(C(=O)N[C@H]2CC[C@H](c3nc4cc(Cl)ccc4o3)CC2)o1. The van der Waals surface area contributed by atoms with Crippen molar-refractivity contribution in [3.63, 3.8) is 0 Å². The molecule has 9 nitrogen and oxygen atoms in total. The van der Waals surface area contributed by atoms with Crippen molar-refractivity contribution in [1.82, 2.24) is 15.0 Å². The summed E-state index contributed by atoms with van der Waals surface area (Å²) in [5.74, 6) is -0.439. The number of furan rings is 1. The minimum Gasteiger partial charge on any atom is -0.440 e. The Morgan fingerprint density at radius 3 is 2.61 bits per heavy atom. The molecule has 3 aromatic rings. The van der Waals surface area contributed by atoms with Gasteiger partial charge >= 0.3 is 0 Å². The van der Waals surface area contributed by atoms with Crippen molar-refractivity contribution in [3.05, 3.63) is 47.0 Å². The first-order chi connectivity index (χ1) is 15.7. The van der Waals surface area contributed by atoms with Gasteiger partial charge in [-0.2, -0.15) is 8.42 Å². The van der Waals surface area contributed by atoms with Crippen molar-refractivity contribution in [2.24, 2.45) is 0 Å². The molecule has 2 aromatic heterocycles. The van der Waals surface area contributed by atoms with Gasteiger partial charge in [-0.05, 0) is 62.4 Å². The minimum atomic E-state index is -4.15. The lowest BCUT2D eigenvalue weighted by Gasteiger charge is -2.27. The normalized spacial score (nSPS) is 18.8. The van der Waals surface area contributed by atoms with Gasteiger partial charge in [0.2, 0.25) is 11.0 Å². The van der Waals surface area contributed by atoms with Crippen molar-refractivity contribution in [3.8, 4) is 0 Å². The number of aromatic nitrogens is 1. The summed E-state index contributed by atoms with van der Waals surface area (Å²) in [5.41, 5.74) is 1.42. The van der Waals surface area contributed by atoms with Gasteiger partial charge in [0.05, 0.1) is 0 Å². The van der Waals surface area contributed by atoms with Crippen molar-refractivity contribution in [2.75, 3.05) is 0 Å². The third kappa shape index (κ3) is 5.39. The molecule has 4 rings (SSSR count). The third-order valence-electron chi connectivity index (χ3n) is 5.57. The van der Waals surface area contributed by atoms with Gasteiger partial charge in [-0.3, -0.25) is 9.59 Å². The Hall–Kier alpha value is -2.85. The van der Waals surface area contributed by atoms with Crippen LogP contribution >= 0.6 is 11.6 Å². The predicted molar refractivity (Wildman–Crippen MR) is 120 cm³/mol. The number of sulfonamides is 1.